The molecule has 0 heterocycles. The Bertz CT molecular complexity index is 321. The molecule has 0 fully saturated rings. The molecule has 0 saturated carbocycles. The van der Waals surface area contributed by atoms with Crippen molar-refractivity contribution in [2.24, 2.45) is 0 Å². The van der Waals surface area contributed by atoms with Gasteiger partial charge in [-0.1, -0.05) is 19.1 Å². The van der Waals surface area contributed by atoms with Crippen LogP contribution in [-0.4, -0.2) is 13.1 Å². The Morgan fingerprint density at radius 2 is 2.23 bits per heavy atom. The van der Waals surface area contributed by atoms with Gasteiger partial charge < -0.3 is 4.74 Å². The summed E-state index contributed by atoms with van der Waals surface area (Å²) in [6, 6.07) is 5.68. The van der Waals surface area contributed by atoms with Crippen molar-refractivity contribution in [1.82, 2.24) is 0 Å². The standard InChI is InChI=1S/C10H11BrO2/c1-3-7-5-4-6-8(11)9(7)10(12)13-2/h4-6H,3H2,1-2H3. The van der Waals surface area contributed by atoms with Crippen molar-refractivity contribution in [3.05, 3.63) is 33.8 Å². The van der Waals surface area contributed by atoms with Crippen molar-refractivity contribution < 1.29 is 9.53 Å². The number of ether oxygens (including phenoxy) is 1. The molecule has 0 atom stereocenters. The number of carbonyl (C=O) groups is 1. The molecule has 3 heteroatoms. The van der Waals surface area contributed by atoms with E-state index in [1.807, 2.05) is 25.1 Å². The van der Waals surface area contributed by atoms with Crippen LogP contribution in [0.2, 0.25) is 0 Å². The lowest BCUT2D eigenvalue weighted by atomic mass is 10.1. The predicted octanol–water partition coefficient (Wildman–Crippen LogP) is 2.80. The minimum atomic E-state index is -0.288. The zero-order valence-electron chi connectivity index (χ0n) is 7.63. The van der Waals surface area contributed by atoms with E-state index >= 15 is 0 Å². The molecule has 0 aliphatic heterocycles. The smallest absolute Gasteiger partial charge is 0.339 e. The van der Waals surface area contributed by atoms with Crippen molar-refractivity contribution >= 4 is 21.9 Å². The first-order valence-corrected chi connectivity index (χ1v) is 4.85. The maximum atomic E-state index is 11.4. The molecule has 0 saturated heterocycles. The van der Waals surface area contributed by atoms with Crippen LogP contribution in [0.3, 0.4) is 0 Å². The topological polar surface area (TPSA) is 26.3 Å². The van der Waals surface area contributed by atoms with Gasteiger partial charge in [-0.25, -0.2) is 4.79 Å². The van der Waals surface area contributed by atoms with Gasteiger partial charge in [-0.05, 0) is 34.0 Å². The number of rotatable bonds is 2. The Hall–Kier alpha value is -0.830. The monoisotopic (exact) mass is 242 g/mol. The van der Waals surface area contributed by atoms with Crippen LogP contribution in [0.25, 0.3) is 0 Å². The first-order valence-electron chi connectivity index (χ1n) is 4.06. The molecule has 0 amide bonds. The van der Waals surface area contributed by atoms with Crippen LogP contribution in [0.15, 0.2) is 22.7 Å². The fraction of sp³-hybridized carbons (Fsp3) is 0.300. The lowest BCUT2D eigenvalue weighted by Crippen LogP contribution is -2.06. The van der Waals surface area contributed by atoms with Crippen LogP contribution in [0.4, 0.5) is 0 Å². The van der Waals surface area contributed by atoms with Gasteiger partial charge in [0, 0.05) is 4.47 Å². The second-order valence-electron chi connectivity index (χ2n) is 2.62. The summed E-state index contributed by atoms with van der Waals surface area (Å²) in [5.74, 6) is -0.288. The maximum Gasteiger partial charge on any atom is 0.339 e. The molecule has 0 aliphatic rings. The van der Waals surface area contributed by atoms with Crippen molar-refractivity contribution in [2.45, 2.75) is 13.3 Å². The van der Waals surface area contributed by atoms with Crippen LogP contribution in [-0.2, 0) is 11.2 Å². The highest BCUT2D eigenvalue weighted by molar-refractivity contribution is 9.10. The zero-order valence-corrected chi connectivity index (χ0v) is 9.22. The van der Waals surface area contributed by atoms with Gasteiger partial charge in [0.05, 0.1) is 12.7 Å². The van der Waals surface area contributed by atoms with Crippen LogP contribution in [0.5, 0.6) is 0 Å². The number of hydrogen-bond acceptors (Lipinski definition) is 2. The van der Waals surface area contributed by atoms with E-state index in [0.29, 0.717) is 5.56 Å². The van der Waals surface area contributed by atoms with E-state index in [0.717, 1.165) is 16.5 Å². The number of benzene rings is 1. The molecule has 0 bridgehead atoms. The first kappa shape index (κ1) is 10.3. The summed E-state index contributed by atoms with van der Waals surface area (Å²) in [6.45, 7) is 2.01. The summed E-state index contributed by atoms with van der Waals surface area (Å²) in [6.07, 6.45) is 0.823. The van der Waals surface area contributed by atoms with E-state index in [1.165, 1.54) is 7.11 Å². The maximum absolute atomic E-state index is 11.4. The van der Waals surface area contributed by atoms with Gasteiger partial charge in [-0.15, -0.1) is 0 Å². The van der Waals surface area contributed by atoms with Crippen molar-refractivity contribution in [2.75, 3.05) is 7.11 Å². The van der Waals surface area contributed by atoms with Gasteiger partial charge in [-0.2, -0.15) is 0 Å². The quantitative estimate of drug-likeness (QED) is 0.746. The molecule has 0 N–H and O–H groups in total. The third-order valence-electron chi connectivity index (χ3n) is 1.87. The summed E-state index contributed by atoms with van der Waals surface area (Å²) in [4.78, 5) is 11.4. The lowest BCUT2D eigenvalue weighted by Gasteiger charge is -2.07. The van der Waals surface area contributed by atoms with Crippen molar-refractivity contribution in [3.8, 4) is 0 Å². The minimum Gasteiger partial charge on any atom is -0.465 e. The molecule has 0 aromatic heterocycles. The number of hydrogen-bond donors (Lipinski definition) is 0. The molecule has 70 valence electrons. The van der Waals surface area contributed by atoms with Crippen molar-refractivity contribution in [3.63, 3.8) is 0 Å². The zero-order chi connectivity index (χ0) is 9.84. The van der Waals surface area contributed by atoms with Gasteiger partial charge >= 0.3 is 5.97 Å². The highest BCUT2D eigenvalue weighted by atomic mass is 79.9. The third-order valence-corrected chi connectivity index (χ3v) is 2.53. The minimum absolute atomic E-state index is 0.288. The normalized spacial score (nSPS) is 9.77. The number of aryl methyl sites for hydroxylation is 1. The highest BCUT2D eigenvalue weighted by Gasteiger charge is 2.13. The SMILES string of the molecule is CCc1cccc(Br)c1C(=O)OC. The van der Waals surface area contributed by atoms with Crippen LogP contribution in [0.1, 0.15) is 22.8 Å². The van der Waals surface area contributed by atoms with E-state index < -0.39 is 0 Å². The summed E-state index contributed by atoms with van der Waals surface area (Å²) in [5, 5.41) is 0. The Labute approximate surface area is 86.0 Å². The molecular weight excluding hydrogens is 232 g/mol. The van der Waals surface area contributed by atoms with Crippen LogP contribution < -0.4 is 0 Å². The van der Waals surface area contributed by atoms with E-state index in [4.69, 9.17) is 4.74 Å². The van der Waals surface area contributed by atoms with Gasteiger partial charge in [0.15, 0.2) is 0 Å². The molecule has 0 aliphatic carbocycles. The Morgan fingerprint density at radius 3 is 2.77 bits per heavy atom. The fourth-order valence-electron chi connectivity index (χ4n) is 1.19. The third kappa shape index (κ3) is 2.10. The molecule has 2 nitrogen and oxygen atoms in total. The molecule has 13 heavy (non-hydrogen) atoms. The molecule has 0 spiro atoms. The number of halogens is 1. The Balaban J connectivity index is 3.22. The summed E-state index contributed by atoms with van der Waals surface area (Å²) >= 11 is 3.33. The van der Waals surface area contributed by atoms with E-state index in [1.54, 1.807) is 0 Å². The van der Waals surface area contributed by atoms with Crippen LogP contribution >= 0.6 is 15.9 Å². The summed E-state index contributed by atoms with van der Waals surface area (Å²) < 4.78 is 5.48. The van der Waals surface area contributed by atoms with E-state index in [-0.39, 0.29) is 5.97 Å². The molecule has 0 radical (unpaired) electrons. The number of esters is 1. The highest BCUT2D eigenvalue weighted by Crippen LogP contribution is 2.21. The summed E-state index contributed by atoms with van der Waals surface area (Å²) in [5.41, 5.74) is 1.63. The van der Waals surface area contributed by atoms with E-state index in [9.17, 15) is 4.79 Å². The Kier molecular flexibility index (Phi) is 3.48. The van der Waals surface area contributed by atoms with Gasteiger partial charge in [0.2, 0.25) is 0 Å². The second kappa shape index (κ2) is 4.42. The largest absolute Gasteiger partial charge is 0.465 e. The molecule has 1 rings (SSSR count). The molecule has 1 aromatic carbocycles. The van der Waals surface area contributed by atoms with Gasteiger partial charge in [0.25, 0.3) is 0 Å². The fourth-order valence-corrected chi connectivity index (χ4v) is 1.76. The molecule has 1 aromatic rings. The number of carbonyl (C=O) groups excluding carboxylic acids is 1. The van der Waals surface area contributed by atoms with Gasteiger partial charge in [0.1, 0.15) is 0 Å². The molecular formula is C10H11BrO2. The van der Waals surface area contributed by atoms with Crippen molar-refractivity contribution in [1.29, 1.82) is 0 Å². The predicted molar refractivity (Wildman–Crippen MR) is 54.9 cm³/mol. The molecule has 0 unspecified atom stereocenters. The van der Waals surface area contributed by atoms with Crippen LogP contribution in [0, 0.1) is 0 Å². The lowest BCUT2D eigenvalue weighted by molar-refractivity contribution is 0.0598. The van der Waals surface area contributed by atoms with Gasteiger partial charge in [-0.3, -0.25) is 0 Å². The summed E-state index contributed by atoms with van der Waals surface area (Å²) in [7, 11) is 1.39. The van der Waals surface area contributed by atoms with E-state index in [2.05, 4.69) is 15.9 Å². The second-order valence-corrected chi connectivity index (χ2v) is 3.47. The number of methoxy groups -OCH3 is 1. The Morgan fingerprint density at radius 1 is 1.54 bits per heavy atom. The average molecular weight is 243 g/mol. The first-order chi connectivity index (χ1) is 6.20. The average Bonchev–Trinajstić information content (AvgIpc) is 2.16.